The Bertz CT molecular complexity index is 1090. The molecule has 0 atom stereocenters. The van der Waals surface area contributed by atoms with Gasteiger partial charge in [-0.3, -0.25) is 0 Å². The molecule has 0 bridgehead atoms. The van der Waals surface area contributed by atoms with Crippen LogP contribution in [0.5, 0.6) is 17.2 Å². The van der Waals surface area contributed by atoms with Crippen molar-refractivity contribution in [3.63, 3.8) is 0 Å². The van der Waals surface area contributed by atoms with E-state index in [0.29, 0.717) is 34.5 Å². The maximum atomic E-state index is 6.16. The minimum absolute atomic E-state index is 0.334. The van der Waals surface area contributed by atoms with Gasteiger partial charge in [0.05, 0.1) is 32.5 Å². The highest BCUT2D eigenvalue weighted by atomic mass is 16.7. The molecule has 3 aromatic rings. The van der Waals surface area contributed by atoms with Crippen LogP contribution in [0.4, 0.5) is 0 Å². The molecule has 8 nitrogen and oxygen atoms in total. The second-order valence-corrected chi connectivity index (χ2v) is 8.55. The van der Waals surface area contributed by atoms with Crippen molar-refractivity contribution in [2.24, 2.45) is 0 Å². The van der Waals surface area contributed by atoms with Crippen molar-refractivity contribution in [3.8, 4) is 40.1 Å². The Balaban J connectivity index is 1.65. The molecule has 2 heterocycles. The summed E-state index contributed by atoms with van der Waals surface area (Å²) in [6.07, 6.45) is 0. The molecule has 0 spiro atoms. The lowest BCUT2D eigenvalue weighted by Gasteiger charge is -2.32. The molecule has 1 saturated heterocycles. The third kappa shape index (κ3) is 3.82. The first-order valence-electron chi connectivity index (χ1n) is 10.3. The quantitative estimate of drug-likeness (QED) is 0.539. The first-order valence-corrected chi connectivity index (χ1v) is 10.3. The van der Waals surface area contributed by atoms with Crippen molar-refractivity contribution >= 4 is 12.6 Å². The second kappa shape index (κ2) is 8.14. The van der Waals surface area contributed by atoms with Gasteiger partial charge >= 0.3 is 7.12 Å². The number of aromatic nitrogens is 2. The molecule has 1 aromatic heterocycles. The Kier molecular flexibility index (Phi) is 5.64. The molecule has 0 N–H and O–H groups in total. The molecule has 1 fully saturated rings. The average molecular weight is 438 g/mol. The lowest BCUT2D eigenvalue weighted by atomic mass is 9.78. The average Bonchev–Trinajstić information content (AvgIpc) is 3.35. The summed E-state index contributed by atoms with van der Waals surface area (Å²) in [6.45, 7) is 8.11. The predicted octanol–water partition coefficient (Wildman–Crippen LogP) is 3.73. The highest BCUT2D eigenvalue weighted by molar-refractivity contribution is 6.62. The largest absolute Gasteiger partial charge is 0.494 e. The minimum atomic E-state index is -0.471. The van der Waals surface area contributed by atoms with Gasteiger partial charge < -0.3 is 28.0 Å². The summed E-state index contributed by atoms with van der Waals surface area (Å²) in [6, 6.07) is 11.3. The summed E-state index contributed by atoms with van der Waals surface area (Å²) >= 11 is 0. The van der Waals surface area contributed by atoms with Crippen LogP contribution < -0.4 is 19.7 Å². The number of methoxy groups -OCH3 is 3. The van der Waals surface area contributed by atoms with Crippen LogP contribution in [0.25, 0.3) is 22.8 Å². The molecular formula is C23H27BN2O6. The topological polar surface area (TPSA) is 85.1 Å². The van der Waals surface area contributed by atoms with E-state index >= 15 is 0 Å². The fourth-order valence-corrected chi connectivity index (χ4v) is 3.47. The van der Waals surface area contributed by atoms with Crippen LogP contribution >= 0.6 is 0 Å². The molecule has 0 saturated carbocycles. The lowest BCUT2D eigenvalue weighted by Crippen LogP contribution is -2.41. The van der Waals surface area contributed by atoms with E-state index in [1.165, 1.54) is 0 Å². The van der Waals surface area contributed by atoms with Crippen molar-refractivity contribution in [2.45, 2.75) is 38.9 Å². The van der Waals surface area contributed by atoms with E-state index in [0.717, 1.165) is 11.0 Å². The highest BCUT2D eigenvalue weighted by Crippen LogP contribution is 2.41. The van der Waals surface area contributed by atoms with Gasteiger partial charge in [-0.2, -0.15) is 4.98 Å². The number of ether oxygens (including phenoxy) is 3. The van der Waals surface area contributed by atoms with Gasteiger partial charge in [-0.1, -0.05) is 29.4 Å². The van der Waals surface area contributed by atoms with E-state index < -0.39 is 18.3 Å². The highest BCUT2D eigenvalue weighted by Gasteiger charge is 2.51. The first kappa shape index (κ1) is 22.2. The van der Waals surface area contributed by atoms with E-state index in [9.17, 15) is 0 Å². The van der Waals surface area contributed by atoms with E-state index in [2.05, 4.69) is 10.1 Å². The smallest absolute Gasteiger partial charge is 0.493 e. The molecule has 0 amide bonds. The fraction of sp³-hybridized carbons (Fsp3) is 0.391. The second-order valence-electron chi connectivity index (χ2n) is 8.55. The predicted molar refractivity (Wildman–Crippen MR) is 121 cm³/mol. The summed E-state index contributed by atoms with van der Waals surface area (Å²) in [5.41, 5.74) is 1.50. The Labute approximate surface area is 187 Å². The Hall–Kier alpha value is -3.04. The van der Waals surface area contributed by atoms with Crippen molar-refractivity contribution in [3.05, 3.63) is 36.4 Å². The molecule has 0 unspecified atom stereocenters. The van der Waals surface area contributed by atoms with Crippen LogP contribution in [0.15, 0.2) is 40.9 Å². The standard InChI is InChI=1S/C23H27BN2O6/c1-22(2)23(3,4)32-24(31-22)16-10-8-9-14(11-16)20-25-21(30-26-20)15-12-17(27-5)19(29-7)18(13-15)28-6/h8-13H,1-7H3. The molecule has 1 aliphatic rings. The zero-order chi connectivity index (χ0) is 23.1. The molecule has 168 valence electrons. The third-order valence-electron chi connectivity index (χ3n) is 6.01. The monoisotopic (exact) mass is 438 g/mol. The van der Waals surface area contributed by atoms with E-state index in [4.69, 9.17) is 28.0 Å². The summed E-state index contributed by atoms with van der Waals surface area (Å²) in [5.74, 6) is 2.29. The van der Waals surface area contributed by atoms with Gasteiger partial charge in [0.1, 0.15) is 0 Å². The molecule has 4 rings (SSSR count). The van der Waals surface area contributed by atoms with E-state index in [-0.39, 0.29) is 0 Å². The van der Waals surface area contributed by atoms with Crippen molar-refractivity contribution in [2.75, 3.05) is 21.3 Å². The van der Waals surface area contributed by atoms with Gasteiger partial charge in [0.15, 0.2) is 11.5 Å². The zero-order valence-electron chi connectivity index (χ0n) is 19.4. The van der Waals surface area contributed by atoms with Gasteiger partial charge in [0.2, 0.25) is 11.6 Å². The summed E-state index contributed by atoms with van der Waals surface area (Å²) in [5, 5.41) is 4.16. The number of benzene rings is 2. The van der Waals surface area contributed by atoms with Gasteiger partial charge in [-0.25, -0.2) is 0 Å². The number of hydrogen-bond acceptors (Lipinski definition) is 8. The maximum Gasteiger partial charge on any atom is 0.494 e. The Morgan fingerprint density at radius 1 is 0.812 bits per heavy atom. The molecule has 32 heavy (non-hydrogen) atoms. The summed E-state index contributed by atoms with van der Waals surface area (Å²) in [7, 11) is 4.20. The van der Waals surface area contributed by atoms with E-state index in [1.54, 1.807) is 33.5 Å². The lowest BCUT2D eigenvalue weighted by molar-refractivity contribution is 0.00578. The maximum absolute atomic E-state index is 6.16. The molecular weight excluding hydrogens is 411 g/mol. The Morgan fingerprint density at radius 3 is 2.00 bits per heavy atom. The van der Waals surface area contributed by atoms with Crippen LogP contribution in [0.1, 0.15) is 27.7 Å². The fourth-order valence-electron chi connectivity index (χ4n) is 3.47. The number of rotatable bonds is 6. The van der Waals surface area contributed by atoms with Crippen LogP contribution in [0.3, 0.4) is 0 Å². The molecule has 0 radical (unpaired) electrons. The number of nitrogens with zero attached hydrogens (tertiary/aromatic N) is 2. The molecule has 0 aliphatic carbocycles. The first-order chi connectivity index (χ1) is 15.2. The van der Waals surface area contributed by atoms with Crippen molar-refractivity contribution < 1.29 is 28.0 Å². The Morgan fingerprint density at radius 2 is 1.44 bits per heavy atom. The summed E-state index contributed by atoms with van der Waals surface area (Å²) in [4.78, 5) is 4.57. The van der Waals surface area contributed by atoms with E-state index in [1.807, 2.05) is 52.0 Å². The van der Waals surface area contributed by atoms with Gasteiger partial charge in [0, 0.05) is 11.1 Å². The van der Waals surface area contributed by atoms with Crippen LogP contribution in [0, 0.1) is 0 Å². The number of hydrogen-bond donors (Lipinski definition) is 0. The van der Waals surface area contributed by atoms with Crippen LogP contribution in [0.2, 0.25) is 0 Å². The van der Waals surface area contributed by atoms with Crippen molar-refractivity contribution in [1.29, 1.82) is 0 Å². The molecule has 9 heteroatoms. The molecule has 2 aromatic carbocycles. The van der Waals surface area contributed by atoms with Gasteiger partial charge in [-0.15, -0.1) is 0 Å². The zero-order valence-corrected chi connectivity index (χ0v) is 19.4. The van der Waals surface area contributed by atoms with Crippen LogP contribution in [-0.2, 0) is 9.31 Å². The summed E-state index contributed by atoms with van der Waals surface area (Å²) < 4.78 is 34.1. The minimum Gasteiger partial charge on any atom is -0.493 e. The normalized spacial score (nSPS) is 16.8. The SMILES string of the molecule is COc1cc(-c2nc(-c3cccc(B4OC(C)(C)C(C)(C)O4)c3)no2)cc(OC)c1OC. The van der Waals surface area contributed by atoms with Gasteiger partial charge in [-0.05, 0) is 45.3 Å². The third-order valence-corrected chi connectivity index (χ3v) is 6.01. The van der Waals surface area contributed by atoms with Crippen molar-refractivity contribution in [1.82, 2.24) is 10.1 Å². The van der Waals surface area contributed by atoms with Crippen LogP contribution in [-0.4, -0.2) is 49.8 Å². The molecule has 1 aliphatic heterocycles. The van der Waals surface area contributed by atoms with Gasteiger partial charge in [0.25, 0.3) is 5.89 Å².